The predicted molar refractivity (Wildman–Crippen MR) is 86.5 cm³/mol. The van der Waals surface area contributed by atoms with E-state index >= 15 is 0 Å². The Hall–Kier alpha value is -1.76. The summed E-state index contributed by atoms with van der Waals surface area (Å²) >= 11 is 5.83. The normalized spacial score (nSPS) is 11.3. The number of halogens is 1. The van der Waals surface area contributed by atoms with Crippen molar-refractivity contribution in [3.05, 3.63) is 47.5 Å². The summed E-state index contributed by atoms with van der Waals surface area (Å²) in [6.45, 7) is 2.05. The highest BCUT2D eigenvalue weighted by Gasteiger charge is 2.14. The smallest absolute Gasteiger partial charge is 0.240 e. The number of anilines is 3. The van der Waals surface area contributed by atoms with Gasteiger partial charge in [-0.2, -0.15) is 0 Å². The number of benzene rings is 2. The summed E-state index contributed by atoms with van der Waals surface area (Å²) in [5, 5.41) is 3.70. The third kappa shape index (κ3) is 3.87. The maximum atomic E-state index is 12.0. The maximum Gasteiger partial charge on any atom is 0.240 e. The molecule has 0 spiro atoms. The number of sulfonamides is 1. The number of hydrogen-bond donors (Lipinski definition) is 3. The Morgan fingerprint density at radius 2 is 1.81 bits per heavy atom. The van der Waals surface area contributed by atoms with E-state index in [4.69, 9.17) is 17.3 Å². The van der Waals surface area contributed by atoms with E-state index in [0.717, 1.165) is 5.69 Å². The van der Waals surface area contributed by atoms with Gasteiger partial charge in [0.15, 0.2) is 0 Å². The van der Waals surface area contributed by atoms with Crippen molar-refractivity contribution in [2.45, 2.75) is 11.8 Å². The Morgan fingerprint density at radius 3 is 2.43 bits per heavy atom. The number of rotatable bonds is 5. The second-order valence-electron chi connectivity index (χ2n) is 4.38. The second kappa shape index (κ2) is 6.34. The molecule has 2 aromatic carbocycles. The van der Waals surface area contributed by atoms with Crippen molar-refractivity contribution in [3.8, 4) is 0 Å². The molecule has 5 nitrogen and oxygen atoms in total. The van der Waals surface area contributed by atoms with Crippen molar-refractivity contribution in [2.75, 3.05) is 17.6 Å². The van der Waals surface area contributed by atoms with E-state index in [1.54, 1.807) is 37.3 Å². The topological polar surface area (TPSA) is 84.2 Å². The van der Waals surface area contributed by atoms with Gasteiger partial charge in [-0.25, -0.2) is 13.1 Å². The van der Waals surface area contributed by atoms with Crippen molar-refractivity contribution in [1.29, 1.82) is 0 Å². The van der Waals surface area contributed by atoms with Crippen molar-refractivity contribution in [2.24, 2.45) is 0 Å². The van der Waals surface area contributed by atoms with Gasteiger partial charge in [0.05, 0.1) is 16.3 Å². The Bertz CT molecular complexity index is 730. The summed E-state index contributed by atoms with van der Waals surface area (Å²) in [6.07, 6.45) is 0. The molecule has 0 aliphatic carbocycles. The van der Waals surface area contributed by atoms with Crippen molar-refractivity contribution >= 4 is 38.7 Å². The Balaban J connectivity index is 2.33. The van der Waals surface area contributed by atoms with Crippen molar-refractivity contribution in [1.82, 2.24) is 4.72 Å². The van der Waals surface area contributed by atoms with Crippen LogP contribution in [-0.4, -0.2) is 15.0 Å². The first-order valence-electron chi connectivity index (χ1n) is 6.34. The summed E-state index contributed by atoms with van der Waals surface area (Å²) in [4.78, 5) is 0.162. The average molecular weight is 326 g/mol. The average Bonchev–Trinajstić information content (AvgIpc) is 2.43. The molecule has 112 valence electrons. The van der Waals surface area contributed by atoms with E-state index < -0.39 is 10.0 Å². The lowest BCUT2D eigenvalue weighted by molar-refractivity contribution is 0.584. The first-order valence-corrected chi connectivity index (χ1v) is 8.20. The van der Waals surface area contributed by atoms with Crippen LogP contribution in [0.3, 0.4) is 0 Å². The zero-order valence-electron chi connectivity index (χ0n) is 11.4. The lowest BCUT2D eigenvalue weighted by Gasteiger charge is -2.12. The van der Waals surface area contributed by atoms with Gasteiger partial charge in [0.1, 0.15) is 0 Å². The van der Waals surface area contributed by atoms with Gasteiger partial charge < -0.3 is 11.1 Å². The van der Waals surface area contributed by atoms with Gasteiger partial charge in [-0.1, -0.05) is 18.5 Å². The van der Waals surface area contributed by atoms with Gasteiger partial charge >= 0.3 is 0 Å². The third-order valence-corrected chi connectivity index (χ3v) is 4.59. The van der Waals surface area contributed by atoms with Crippen LogP contribution in [0.1, 0.15) is 6.92 Å². The minimum absolute atomic E-state index is 0.162. The standard InChI is InChI=1S/C14H16ClN3O2S/c1-2-17-21(19,20)12-7-8-13(16)14(9-12)18-11-5-3-10(15)4-6-11/h3-9,17-18H,2,16H2,1H3. The summed E-state index contributed by atoms with van der Waals surface area (Å²) in [7, 11) is -3.52. The Kier molecular flexibility index (Phi) is 4.72. The van der Waals surface area contributed by atoms with E-state index in [1.165, 1.54) is 12.1 Å². The minimum Gasteiger partial charge on any atom is -0.397 e. The largest absolute Gasteiger partial charge is 0.397 e. The molecule has 0 saturated carbocycles. The Labute approximate surface area is 129 Å². The van der Waals surface area contributed by atoms with Crippen LogP contribution in [0.2, 0.25) is 5.02 Å². The van der Waals surface area contributed by atoms with Gasteiger partial charge in [-0.05, 0) is 42.5 Å². The van der Waals surface area contributed by atoms with Gasteiger partial charge in [-0.15, -0.1) is 0 Å². The molecule has 0 aliphatic rings. The zero-order valence-corrected chi connectivity index (χ0v) is 13.0. The quantitative estimate of drug-likeness (QED) is 0.738. The molecule has 0 unspecified atom stereocenters. The molecule has 21 heavy (non-hydrogen) atoms. The molecule has 0 radical (unpaired) electrons. The number of nitrogens with one attached hydrogen (secondary N) is 2. The fourth-order valence-corrected chi connectivity index (χ4v) is 2.97. The van der Waals surface area contributed by atoms with Crippen LogP contribution in [-0.2, 0) is 10.0 Å². The van der Waals surface area contributed by atoms with Gasteiger partial charge in [0, 0.05) is 17.3 Å². The van der Waals surface area contributed by atoms with E-state index in [2.05, 4.69) is 10.0 Å². The van der Waals surface area contributed by atoms with E-state index in [-0.39, 0.29) is 4.90 Å². The second-order valence-corrected chi connectivity index (χ2v) is 6.59. The van der Waals surface area contributed by atoms with Crippen molar-refractivity contribution < 1.29 is 8.42 Å². The van der Waals surface area contributed by atoms with Crippen LogP contribution >= 0.6 is 11.6 Å². The molecular formula is C14H16ClN3O2S. The van der Waals surface area contributed by atoms with E-state index in [9.17, 15) is 8.42 Å². The molecule has 0 bridgehead atoms. The molecule has 4 N–H and O–H groups in total. The zero-order chi connectivity index (χ0) is 15.5. The Morgan fingerprint density at radius 1 is 1.14 bits per heavy atom. The van der Waals surface area contributed by atoms with Crippen LogP contribution in [0.4, 0.5) is 17.1 Å². The number of hydrogen-bond acceptors (Lipinski definition) is 4. The molecule has 0 aliphatic heterocycles. The molecule has 0 fully saturated rings. The molecule has 0 aromatic heterocycles. The van der Waals surface area contributed by atoms with Crippen LogP contribution in [0.15, 0.2) is 47.4 Å². The molecule has 0 amide bonds. The first-order chi connectivity index (χ1) is 9.92. The molecule has 0 atom stereocenters. The summed E-state index contributed by atoms with van der Waals surface area (Å²) in [5.74, 6) is 0. The monoisotopic (exact) mass is 325 g/mol. The molecule has 2 aromatic rings. The first kappa shape index (κ1) is 15.6. The van der Waals surface area contributed by atoms with Crippen LogP contribution in [0.5, 0.6) is 0 Å². The lowest BCUT2D eigenvalue weighted by atomic mass is 10.2. The molecule has 0 saturated heterocycles. The molecule has 2 rings (SSSR count). The van der Waals surface area contributed by atoms with Crippen LogP contribution in [0, 0.1) is 0 Å². The van der Waals surface area contributed by atoms with Gasteiger partial charge in [0.2, 0.25) is 10.0 Å². The molecule has 0 heterocycles. The summed E-state index contributed by atoms with van der Waals surface area (Å²) in [6, 6.07) is 11.6. The summed E-state index contributed by atoms with van der Waals surface area (Å²) < 4.78 is 26.4. The number of nitrogens with two attached hydrogens (primary N) is 1. The molecular weight excluding hydrogens is 310 g/mol. The fraction of sp³-hybridized carbons (Fsp3) is 0.143. The lowest BCUT2D eigenvalue weighted by Crippen LogP contribution is -2.23. The maximum absolute atomic E-state index is 12.0. The number of nitrogen functional groups attached to an aromatic ring is 1. The highest BCUT2D eigenvalue weighted by molar-refractivity contribution is 7.89. The van der Waals surface area contributed by atoms with Crippen LogP contribution in [0.25, 0.3) is 0 Å². The minimum atomic E-state index is -3.52. The highest BCUT2D eigenvalue weighted by atomic mass is 35.5. The SMILES string of the molecule is CCNS(=O)(=O)c1ccc(N)c(Nc2ccc(Cl)cc2)c1. The predicted octanol–water partition coefficient (Wildman–Crippen LogP) is 2.96. The van der Waals surface area contributed by atoms with Gasteiger partial charge in [0.25, 0.3) is 0 Å². The van der Waals surface area contributed by atoms with Gasteiger partial charge in [-0.3, -0.25) is 0 Å². The van der Waals surface area contributed by atoms with Crippen molar-refractivity contribution in [3.63, 3.8) is 0 Å². The third-order valence-electron chi connectivity index (χ3n) is 2.79. The highest BCUT2D eigenvalue weighted by Crippen LogP contribution is 2.26. The molecule has 7 heteroatoms. The van der Waals surface area contributed by atoms with Crippen LogP contribution < -0.4 is 15.8 Å². The van der Waals surface area contributed by atoms with E-state index in [1.807, 2.05) is 0 Å². The van der Waals surface area contributed by atoms with E-state index in [0.29, 0.717) is 22.9 Å². The fourth-order valence-electron chi connectivity index (χ4n) is 1.77. The summed E-state index contributed by atoms with van der Waals surface area (Å²) in [5.41, 5.74) is 7.63.